The number of rotatable bonds is 6. The summed E-state index contributed by atoms with van der Waals surface area (Å²) < 4.78 is 15.7. The molecule has 1 aliphatic carbocycles. The summed E-state index contributed by atoms with van der Waals surface area (Å²) in [4.78, 5) is 38.3. The second-order valence-corrected chi connectivity index (χ2v) is 10.5. The summed E-state index contributed by atoms with van der Waals surface area (Å²) in [5.41, 5.74) is 6.91. The van der Waals surface area contributed by atoms with E-state index in [1.54, 1.807) is 6.20 Å². The lowest BCUT2D eigenvalue weighted by molar-refractivity contribution is -0.122. The summed E-state index contributed by atoms with van der Waals surface area (Å²) in [5.74, 6) is -0.299. The number of aromatic nitrogens is 4. The number of amides is 2. The molecule has 2 aromatic heterocycles. The van der Waals surface area contributed by atoms with Gasteiger partial charge in [-0.05, 0) is 50.7 Å². The van der Waals surface area contributed by atoms with E-state index in [1.807, 2.05) is 4.57 Å². The van der Waals surface area contributed by atoms with Gasteiger partial charge in [-0.25, -0.2) is 19.2 Å². The summed E-state index contributed by atoms with van der Waals surface area (Å²) >= 11 is 12.6. The Hall–Kier alpha value is -3.38. The monoisotopic (exact) mass is 564 g/mol. The highest BCUT2D eigenvalue weighted by molar-refractivity contribution is 6.39. The van der Waals surface area contributed by atoms with E-state index in [9.17, 15) is 19.1 Å². The van der Waals surface area contributed by atoms with Crippen molar-refractivity contribution in [3.05, 3.63) is 34.2 Å². The van der Waals surface area contributed by atoms with E-state index in [0.29, 0.717) is 67.5 Å². The molecule has 2 amide bonds. The normalized spacial score (nSPS) is 21.9. The molecule has 1 unspecified atom stereocenters. The maximum absolute atomic E-state index is 13.8. The number of anilines is 3. The number of imidazole rings is 1. The van der Waals surface area contributed by atoms with Gasteiger partial charge in [0.1, 0.15) is 11.3 Å². The van der Waals surface area contributed by atoms with Crippen LogP contribution in [0.25, 0.3) is 11.2 Å². The summed E-state index contributed by atoms with van der Waals surface area (Å²) in [6, 6.07) is 2.13. The molecule has 5 N–H and O–H groups in total. The molecule has 1 aliphatic heterocycles. The molecule has 5 rings (SSSR count). The first-order valence-corrected chi connectivity index (χ1v) is 13.2. The number of likely N-dealkylation sites (tertiary alicyclic amines) is 1. The molecular weight excluding hydrogens is 538 g/mol. The molecular formula is C24H27Cl2FN8O3. The Kier molecular flexibility index (Phi) is 7.44. The average Bonchev–Trinajstić information content (AvgIpc) is 3.23. The fourth-order valence-corrected chi connectivity index (χ4v) is 5.79. The highest BCUT2D eigenvalue weighted by Crippen LogP contribution is 2.39. The van der Waals surface area contributed by atoms with Crippen LogP contribution < -0.4 is 16.4 Å². The van der Waals surface area contributed by atoms with Gasteiger partial charge in [0.25, 0.3) is 0 Å². The molecule has 3 aromatic rings. The molecule has 38 heavy (non-hydrogen) atoms. The lowest BCUT2D eigenvalue weighted by Gasteiger charge is -2.31. The zero-order valence-corrected chi connectivity index (χ0v) is 21.8. The van der Waals surface area contributed by atoms with E-state index < -0.39 is 11.9 Å². The van der Waals surface area contributed by atoms with Crippen molar-refractivity contribution in [1.29, 1.82) is 0 Å². The molecule has 1 atom stereocenters. The third kappa shape index (κ3) is 5.41. The van der Waals surface area contributed by atoms with Gasteiger partial charge in [-0.2, -0.15) is 4.98 Å². The first kappa shape index (κ1) is 26.2. The number of hydrogen-bond donors (Lipinski definition) is 4. The molecule has 2 aliphatic rings. The van der Waals surface area contributed by atoms with Gasteiger partial charge in [0.05, 0.1) is 21.9 Å². The van der Waals surface area contributed by atoms with Crippen LogP contribution in [0, 0.1) is 11.7 Å². The first-order valence-electron chi connectivity index (χ1n) is 12.4. The van der Waals surface area contributed by atoms with E-state index in [-0.39, 0.29) is 34.0 Å². The third-order valence-corrected chi connectivity index (χ3v) is 7.76. The molecule has 1 saturated heterocycles. The number of piperidine rings is 1. The fraction of sp³-hybridized carbons (Fsp3) is 0.458. The van der Waals surface area contributed by atoms with E-state index in [2.05, 4.69) is 20.6 Å². The predicted molar refractivity (Wildman–Crippen MR) is 141 cm³/mol. The standard InChI is InChI=1S/C24H27Cl2FN8O3/c25-16-8-13(27)9-17(26)19(16)32-23-31-18-10-29-22(30-14-2-1-7-34(11-14)24(37)38)33-21(18)35(23)15-5-3-12(4-6-15)20(28)36/h8-10,12,14-15H,1-7,11H2,(H2,28,36)(H,31,32)(H,37,38)(H,29,30,33)/t12-,14?,15+. The Labute approximate surface area is 227 Å². The van der Waals surface area contributed by atoms with E-state index >= 15 is 0 Å². The van der Waals surface area contributed by atoms with Crippen LogP contribution >= 0.6 is 23.2 Å². The summed E-state index contributed by atoms with van der Waals surface area (Å²) in [6.45, 7) is 0.833. The maximum Gasteiger partial charge on any atom is 0.407 e. The van der Waals surface area contributed by atoms with Crippen molar-refractivity contribution < 1.29 is 19.1 Å². The highest BCUT2D eigenvalue weighted by Gasteiger charge is 2.30. The molecule has 0 radical (unpaired) electrons. The van der Waals surface area contributed by atoms with Gasteiger partial charge in [-0.15, -0.1) is 0 Å². The molecule has 1 aromatic carbocycles. The number of carboxylic acid groups (broad SMARTS) is 1. The molecule has 14 heteroatoms. The Morgan fingerprint density at radius 1 is 1.11 bits per heavy atom. The zero-order chi connectivity index (χ0) is 27.0. The van der Waals surface area contributed by atoms with Gasteiger partial charge in [0, 0.05) is 31.1 Å². The van der Waals surface area contributed by atoms with Crippen LogP contribution in [0.2, 0.25) is 10.0 Å². The predicted octanol–water partition coefficient (Wildman–Crippen LogP) is 4.79. The van der Waals surface area contributed by atoms with E-state index in [4.69, 9.17) is 33.9 Å². The second kappa shape index (κ2) is 10.8. The van der Waals surface area contributed by atoms with Crippen LogP contribution in [0.15, 0.2) is 18.3 Å². The van der Waals surface area contributed by atoms with Crippen LogP contribution in [-0.2, 0) is 4.79 Å². The average molecular weight is 565 g/mol. The molecule has 0 bridgehead atoms. The summed E-state index contributed by atoms with van der Waals surface area (Å²) in [7, 11) is 0. The van der Waals surface area contributed by atoms with Crippen LogP contribution in [0.1, 0.15) is 44.6 Å². The van der Waals surface area contributed by atoms with Gasteiger partial charge >= 0.3 is 6.09 Å². The number of carbonyl (C=O) groups is 2. The maximum atomic E-state index is 13.8. The Bertz CT molecular complexity index is 1360. The summed E-state index contributed by atoms with van der Waals surface area (Å²) in [6.07, 6.45) is 4.75. The SMILES string of the molecule is NC(=O)[C@H]1CC[C@@H](n2c(Nc3c(Cl)cc(F)cc3Cl)nc3cnc(NC4CCCN(C(=O)O)C4)nc32)CC1. The van der Waals surface area contributed by atoms with Gasteiger partial charge in [0.2, 0.25) is 17.8 Å². The lowest BCUT2D eigenvalue weighted by atomic mass is 9.85. The number of nitrogens with one attached hydrogen (secondary N) is 2. The minimum absolute atomic E-state index is 0.0592. The smallest absolute Gasteiger partial charge is 0.407 e. The first-order chi connectivity index (χ1) is 18.2. The van der Waals surface area contributed by atoms with Crippen molar-refractivity contribution in [1.82, 2.24) is 24.4 Å². The van der Waals surface area contributed by atoms with E-state index in [0.717, 1.165) is 25.0 Å². The Morgan fingerprint density at radius 2 is 1.82 bits per heavy atom. The van der Waals surface area contributed by atoms with Gasteiger partial charge in [-0.1, -0.05) is 23.2 Å². The number of nitrogens with zero attached hydrogens (tertiary/aromatic N) is 5. The van der Waals surface area contributed by atoms with Gasteiger partial charge in [-0.3, -0.25) is 9.36 Å². The quantitative estimate of drug-likeness (QED) is 0.333. The molecule has 0 spiro atoms. The number of carbonyl (C=O) groups excluding carboxylic acids is 1. The van der Waals surface area contributed by atoms with Crippen LogP contribution in [-0.4, -0.2) is 60.7 Å². The minimum Gasteiger partial charge on any atom is -0.465 e. The topological polar surface area (TPSA) is 151 Å². The summed E-state index contributed by atoms with van der Waals surface area (Å²) in [5, 5.41) is 16.0. The van der Waals surface area contributed by atoms with Crippen LogP contribution in [0.4, 0.5) is 26.8 Å². The molecule has 3 heterocycles. The molecule has 2 fully saturated rings. The number of hydrogen-bond acceptors (Lipinski definition) is 7. The fourth-order valence-electron chi connectivity index (χ4n) is 5.24. The van der Waals surface area contributed by atoms with Crippen LogP contribution in [0.5, 0.6) is 0 Å². The largest absolute Gasteiger partial charge is 0.465 e. The van der Waals surface area contributed by atoms with Crippen molar-refractivity contribution in [2.45, 2.75) is 50.6 Å². The number of fused-ring (bicyclic) bond motifs is 1. The second-order valence-electron chi connectivity index (χ2n) is 9.70. The van der Waals surface area contributed by atoms with Crippen molar-refractivity contribution >= 4 is 64.0 Å². The van der Waals surface area contributed by atoms with Crippen LogP contribution in [0.3, 0.4) is 0 Å². The van der Waals surface area contributed by atoms with Crippen molar-refractivity contribution in [2.24, 2.45) is 11.7 Å². The molecule has 11 nitrogen and oxygen atoms in total. The number of halogens is 3. The highest BCUT2D eigenvalue weighted by atomic mass is 35.5. The van der Waals surface area contributed by atoms with Crippen molar-refractivity contribution in [3.63, 3.8) is 0 Å². The number of nitrogens with two attached hydrogens (primary N) is 1. The third-order valence-electron chi connectivity index (χ3n) is 7.17. The Morgan fingerprint density at radius 3 is 2.47 bits per heavy atom. The lowest BCUT2D eigenvalue weighted by Crippen LogP contribution is -2.44. The number of benzene rings is 1. The number of primary amides is 1. The Balaban J connectivity index is 1.50. The molecule has 1 saturated carbocycles. The van der Waals surface area contributed by atoms with Crippen molar-refractivity contribution in [3.8, 4) is 0 Å². The minimum atomic E-state index is -0.952. The van der Waals surface area contributed by atoms with Gasteiger partial charge < -0.3 is 26.4 Å². The molecule has 202 valence electrons. The van der Waals surface area contributed by atoms with Crippen molar-refractivity contribution in [2.75, 3.05) is 23.7 Å². The zero-order valence-electron chi connectivity index (χ0n) is 20.3. The van der Waals surface area contributed by atoms with Gasteiger partial charge in [0.15, 0.2) is 5.65 Å². The van der Waals surface area contributed by atoms with E-state index in [1.165, 1.54) is 4.90 Å².